The Balaban J connectivity index is 2.24. The van der Waals surface area contributed by atoms with Gasteiger partial charge in [0.15, 0.2) is 11.6 Å². The molecule has 2 aromatic rings. The molecule has 0 unspecified atom stereocenters. The minimum Gasteiger partial charge on any atom is -0.453 e. The maximum absolute atomic E-state index is 13.5. The molecule has 22 heavy (non-hydrogen) atoms. The molecule has 0 radical (unpaired) electrons. The molecular formula is C14H11ClFNO4S. The number of halogens is 2. The third-order valence-corrected chi connectivity index (χ3v) is 3.38. The Morgan fingerprint density at radius 2 is 1.86 bits per heavy atom. The molecule has 0 spiro atoms. The quantitative estimate of drug-likeness (QED) is 0.926. The highest BCUT2D eigenvalue weighted by molar-refractivity contribution is 7.89. The van der Waals surface area contributed by atoms with Gasteiger partial charge in [0.25, 0.3) is 5.91 Å². The molecule has 1 N–H and O–H groups in total. The lowest BCUT2D eigenvalue weighted by atomic mass is 10.2. The maximum atomic E-state index is 13.5. The van der Waals surface area contributed by atoms with E-state index in [0.717, 1.165) is 6.26 Å². The number of rotatable bonds is 4. The van der Waals surface area contributed by atoms with Crippen LogP contribution < -0.4 is 9.46 Å². The normalized spacial score (nSPS) is 11.0. The molecule has 0 aromatic heterocycles. The van der Waals surface area contributed by atoms with Crippen molar-refractivity contribution in [1.82, 2.24) is 4.72 Å². The molecule has 116 valence electrons. The van der Waals surface area contributed by atoms with Gasteiger partial charge in [0.05, 0.1) is 11.3 Å². The van der Waals surface area contributed by atoms with E-state index >= 15 is 0 Å². The van der Waals surface area contributed by atoms with Crippen molar-refractivity contribution in [1.29, 1.82) is 0 Å². The highest BCUT2D eigenvalue weighted by Crippen LogP contribution is 2.31. The van der Waals surface area contributed by atoms with Crippen molar-refractivity contribution >= 4 is 27.5 Å². The highest BCUT2D eigenvalue weighted by Gasteiger charge is 2.14. The predicted octanol–water partition coefficient (Wildman–Crippen LogP) is 2.96. The van der Waals surface area contributed by atoms with Gasteiger partial charge in [0.2, 0.25) is 10.0 Å². The molecule has 1 amide bonds. The van der Waals surface area contributed by atoms with E-state index in [1.165, 1.54) is 36.4 Å². The van der Waals surface area contributed by atoms with Crippen molar-refractivity contribution in [2.75, 3.05) is 6.26 Å². The zero-order valence-corrected chi connectivity index (χ0v) is 12.9. The van der Waals surface area contributed by atoms with Gasteiger partial charge in [-0.2, -0.15) is 0 Å². The van der Waals surface area contributed by atoms with Crippen LogP contribution in [0.3, 0.4) is 0 Å². The van der Waals surface area contributed by atoms with Crippen molar-refractivity contribution in [2.24, 2.45) is 0 Å². The Labute approximate surface area is 131 Å². The molecule has 0 fully saturated rings. The molecule has 0 atom stereocenters. The molecule has 0 aliphatic rings. The Morgan fingerprint density at radius 1 is 1.18 bits per heavy atom. The second-order valence-corrected chi connectivity index (χ2v) is 6.54. The molecule has 0 saturated heterocycles. The SMILES string of the molecule is CS(=O)(=O)NC(=O)c1ccc(Oc2ccccc2F)c(Cl)c1. The van der Waals surface area contributed by atoms with Gasteiger partial charge in [-0.1, -0.05) is 23.7 Å². The fraction of sp³-hybridized carbons (Fsp3) is 0.0714. The van der Waals surface area contributed by atoms with E-state index in [1.807, 2.05) is 4.72 Å². The number of benzene rings is 2. The summed E-state index contributed by atoms with van der Waals surface area (Å²) in [5, 5.41) is 0.0457. The van der Waals surface area contributed by atoms with Gasteiger partial charge in [0, 0.05) is 5.56 Å². The first-order valence-electron chi connectivity index (χ1n) is 6.00. The van der Waals surface area contributed by atoms with Gasteiger partial charge >= 0.3 is 0 Å². The smallest absolute Gasteiger partial charge is 0.264 e. The van der Waals surface area contributed by atoms with Crippen LogP contribution >= 0.6 is 11.6 Å². The first kappa shape index (κ1) is 16.3. The third-order valence-electron chi connectivity index (χ3n) is 2.53. The number of para-hydroxylation sites is 1. The van der Waals surface area contributed by atoms with Gasteiger partial charge in [-0.05, 0) is 30.3 Å². The average molecular weight is 344 g/mol. The number of hydrogen-bond donors (Lipinski definition) is 1. The second-order valence-electron chi connectivity index (χ2n) is 4.38. The van der Waals surface area contributed by atoms with E-state index in [9.17, 15) is 17.6 Å². The molecule has 0 aliphatic heterocycles. The topological polar surface area (TPSA) is 72.5 Å². The molecule has 2 aromatic carbocycles. The lowest BCUT2D eigenvalue weighted by molar-refractivity contribution is 0.0981. The van der Waals surface area contributed by atoms with Crippen LogP contribution in [0.25, 0.3) is 0 Å². The summed E-state index contributed by atoms with van der Waals surface area (Å²) >= 11 is 5.97. The highest BCUT2D eigenvalue weighted by atomic mass is 35.5. The minimum atomic E-state index is -3.67. The number of carbonyl (C=O) groups is 1. The van der Waals surface area contributed by atoms with Crippen LogP contribution in [0.1, 0.15) is 10.4 Å². The fourth-order valence-electron chi connectivity index (χ4n) is 1.60. The number of nitrogens with one attached hydrogen (secondary N) is 1. The van der Waals surface area contributed by atoms with E-state index in [4.69, 9.17) is 16.3 Å². The molecule has 8 heteroatoms. The fourth-order valence-corrected chi connectivity index (χ4v) is 2.27. The van der Waals surface area contributed by atoms with Crippen LogP contribution in [0.15, 0.2) is 42.5 Å². The molecule has 0 aliphatic carbocycles. The summed E-state index contributed by atoms with van der Waals surface area (Å²) in [5.41, 5.74) is 0.0382. The predicted molar refractivity (Wildman–Crippen MR) is 80.2 cm³/mol. The summed E-state index contributed by atoms with van der Waals surface area (Å²) < 4.78 is 42.7. The third kappa shape index (κ3) is 4.19. The monoisotopic (exact) mass is 343 g/mol. The summed E-state index contributed by atoms with van der Waals surface area (Å²) in [6, 6.07) is 9.68. The summed E-state index contributed by atoms with van der Waals surface area (Å²) in [5.74, 6) is -1.25. The van der Waals surface area contributed by atoms with Crippen LogP contribution in [-0.2, 0) is 10.0 Å². The summed E-state index contributed by atoms with van der Waals surface area (Å²) in [7, 11) is -3.67. The van der Waals surface area contributed by atoms with Crippen LogP contribution in [0, 0.1) is 5.82 Å². The van der Waals surface area contributed by atoms with Crippen LogP contribution in [0.2, 0.25) is 5.02 Å². The lowest BCUT2D eigenvalue weighted by Crippen LogP contribution is -2.29. The van der Waals surface area contributed by atoms with Gasteiger partial charge in [-0.15, -0.1) is 0 Å². The number of carbonyl (C=O) groups excluding carboxylic acids is 1. The Bertz CT molecular complexity index is 823. The van der Waals surface area contributed by atoms with Gasteiger partial charge in [-0.25, -0.2) is 17.5 Å². The minimum absolute atomic E-state index is 0.0160. The average Bonchev–Trinajstić information content (AvgIpc) is 2.41. The zero-order valence-electron chi connectivity index (χ0n) is 11.3. The van der Waals surface area contributed by atoms with Crippen molar-refractivity contribution in [2.45, 2.75) is 0 Å². The molecule has 0 saturated carbocycles. The van der Waals surface area contributed by atoms with Crippen molar-refractivity contribution in [3.05, 3.63) is 58.9 Å². The van der Waals surface area contributed by atoms with E-state index in [2.05, 4.69) is 0 Å². The number of ether oxygens (including phenoxy) is 1. The Kier molecular flexibility index (Phi) is 4.68. The van der Waals surface area contributed by atoms with Gasteiger partial charge < -0.3 is 4.74 Å². The largest absolute Gasteiger partial charge is 0.453 e. The van der Waals surface area contributed by atoms with Crippen LogP contribution in [0.4, 0.5) is 4.39 Å². The van der Waals surface area contributed by atoms with E-state index < -0.39 is 21.7 Å². The van der Waals surface area contributed by atoms with Crippen LogP contribution in [-0.4, -0.2) is 20.6 Å². The second kappa shape index (κ2) is 6.33. The lowest BCUT2D eigenvalue weighted by Gasteiger charge is -2.09. The van der Waals surface area contributed by atoms with Gasteiger partial charge in [0.1, 0.15) is 5.75 Å². The van der Waals surface area contributed by atoms with Crippen molar-refractivity contribution in [3.63, 3.8) is 0 Å². The molecule has 0 bridgehead atoms. The molecule has 2 rings (SSSR count). The van der Waals surface area contributed by atoms with E-state index in [1.54, 1.807) is 6.07 Å². The molecule has 0 heterocycles. The maximum Gasteiger partial charge on any atom is 0.264 e. The summed E-state index contributed by atoms with van der Waals surface area (Å²) in [6.07, 6.45) is 0.863. The first-order valence-corrected chi connectivity index (χ1v) is 8.27. The number of sulfonamides is 1. The summed E-state index contributed by atoms with van der Waals surface area (Å²) in [6.45, 7) is 0. The standard InChI is InChI=1S/C14H11ClFNO4S/c1-22(19,20)17-14(18)9-6-7-12(10(15)8-9)21-13-5-3-2-4-11(13)16/h2-8H,1H3,(H,17,18). The Morgan fingerprint density at radius 3 is 2.45 bits per heavy atom. The van der Waals surface area contributed by atoms with E-state index in [-0.39, 0.29) is 22.1 Å². The number of amides is 1. The van der Waals surface area contributed by atoms with Crippen molar-refractivity contribution in [3.8, 4) is 11.5 Å². The van der Waals surface area contributed by atoms with E-state index in [0.29, 0.717) is 0 Å². The zero-order chi connectivity index (χ0) is 16.3. The van der Waals surface area contributed by atoms with Gasteiger partial charge in [-0.3, -0.25) is 4.79 Å². The molecule has 5 nitrogen and oxygen atoms in total. The molecular weight excluding hydrogens is 333 g/mol. The number of hydrogen-bond acceptors (Lipinski definition) is 4. The first-order chi connectivity index (χ1) is 10.3. The summed E-state index contributed by atoms with van der Waals surface area (Å²) in [4.78, 5) is 11.7. The van der Waals surface area contributed by atoms with Crippen molar-refractivity contribution < 1.29 is 22.3 Å². The van der Waals surface area contributed by atoms with Crippen LogP contribution in [0.5, 0.6) is 11.5 Å². The Hall–Kier alpha value is -2.12.